The lowest BCUT2D eigenvalue weighted by molar-refractivity contribution is 0.282. The number of halogens is 1. The molecule has 1 saturated carbocycles. The van der Waals surface area contributed by atoms with Gasteiger partial charge in [0.1, 0.15) is 5.82 Å². The monoisotopic (exact) mass is 219 g/mol. The van der Waals surface area contributed by atoms with Gasteiger partial charge in [-0.15, -0.1) is 0 Å². The summed E-state index contributed by atoms with van der Waals surface area (Å²) in [5.41, 5.74) is 2.50. The Labute approximate surface area is 96.1 Å². The fraction of sp³-hybridized carbons (Fsp3) is 0.571. The van der Waals surface area contributed by atoms with Crippen molar-refractivity contribution < 1.29 is 4.39 Å². The highest BCUT2D eigenvalue weighted by atomic mass is 19.1. The normalized spacial score (nSPS) is 25.7. The summed E-state index contributed by atoms with van der Waals surface area (Å²) in [6.07, 6.45) is 6.65. The standard InChI is InChI=1S/C14H18FN/c15-12-7-6-11-9-16-14(13(11)8-12)10-4-2-1-3-5-10/h6-8,10,14,16H,1-5,9H2. The second-order valence-electron chi connectivity index (χ2n) is 5.10. The van der Waals surface area contributed by atoms with Gasteiger partial charge in [-0.05, 0) is 42.0 Å². The van der Waals surface area contributed by atoms with E-state index in [2.05, 4.69) is 5.32 Å². The van der Waals surface area contributed by atoms with E-state index < -0.39 is 0 Å². The predicted octanol–water partition coefficient (Wildman–Crippen LogP) is 3.55. The van der Waals surface area contributed by atoms with Gasteiger partial charge in [0, 0.05) is 12.6 Å². The number of hydrogen-bond acceptors (Lipinski definition) is 1. The van der Waals surface area contributed by atoms with Gasteiger partial charge in [0.15, 0.2) is 0 Å². The molecule has 1 nitrogen and oxygen atoms in total. The first kappa shape index (κ1) is 10.3. The molecule has 1 aromatic carbocycles. The first-order valence-corrected chi connectivity index (χ1v) is 6.36. The molecule has 0 radical (unpaired) electrons. The Bertz CT molecular complexity index is 382. The zero-order valence-corrected chi connectivity index (χ0v) is 9.51. The van der Waals surface area contributed by atoms with Crippen LogP contribution in [0.5, 0.6) is 0 Å². The topological polar surface area (TPSA) is 12.0 Å². The van der Waals surface area contributed by atoms with Crippen LogP contribution in [0.4, 0.5) is 4.39 Å². The summed E-state index contributed by atoms with van der Waals surface area (Å²) in [6.45, 7) is 0.913. The Morgan fingerprint density at radius 2 is 1.94 bits per heavy atom. The fourth-order valence-corrected chi connectivity index (χ4v) is 3.23. The lowest BCUT2D eigenvalue weighted by atomic mass is 9.81. The molecule has 1 unspecified atom stereocenters. The summed E-state index contributed by atoms with van der Waals surface area (Å²) in [6, 6.07) is 5.64. The molecule has 0 spiro atoms. The quantitative estimate of drug-likeness (QED) is 0.761. The van der Waals surface area contributed by atoms with Crippen LogP contribution in [0, 0.1) is 11.7 Å². The molecule has 0 aromatic heterocycles. The van der Waals surface area contributed by atoms with E-state index in [1.165, 1.54) is 43.2 Å². The molecule has 1 aliphatic carbocycles. The van der Waals surface area contributed by atoms with Crippen molar-refractivity contribution in [2.75, 3.05) is 0 Å². The molecule has 3 rings (SSSR count). The molecular weight excluding hydrogens is 201 g/mol. The maximum atomic E-state index is 13.3. The molecular formula is C14H18FN. The predicted molar refractivity (Wildman–Crippen MR) is 62.6 cm³/mol. The van der Waals surface area contributed by atoms with Gasteiger partial charge < -0.3 is 5.32 Å². The SMILES string of the molecule is Fc1ccc2c(c1)C(C1CCCCC1)NC2. The van der Waals surface area contributed by atoms with E-state index >= 15 is 0 Å². The number of benzene rings is 1. The van der Waals surface area contributed by atoms with E-state index in [0.717, 1.165) is 12.5 Å². The van der Waals surface area contributed by atoms with Crippen molar-refractivity contribution in [1.29, 1.82) is 0 Å². The smallest absolute Gasteiger partial charge is 0.123 e. The highest BCUT2D eigenvalue weighted by molar-refractivity contribution is 5.34. The third kappa shape index (κ3) is 1.75. The number of hydrogen-bond donors (Lipinski definition) is 1. The molecule has 2 aliphatic rings. The number of rotatable bonds is 1. The lowest BCUT2D eigenvalue weighted by Gasteiger charge is -2.28. The molecule has 2 heteroatoms. The zero-order chi connectivity index (χ0) is 11.0. The van der Waals surface area contributed by atoms with Gasteiger partial charge >= 0.3 is 0 Å². The Kier molecular flexibility index (Phi) is 2.68. The van der Waals surface area contributed by atoms with Crippen molar-refractivity contribution in [3.8, 4) is 0 Å². The number of fused-ring (bicyclic) bond motifs is 1. The van der Waals surface area contributed by atoms with Crippen LogP contribution in [0.25, 0.3) is 0 Å². The van der Waals surface area contributed by atoms with Crippen LogP contribution in [0.15, 0.2) is 18.2 Å². The van der Waals surface area contributed by atoms with Crippen LogP contribution < -0.4 is 5.32 Å². The fourth-order valence-electron chi connectivity index (χ4n) is 3.23. The average molecular weight is 219 g/mol. The van der Waals surface area contributed by atoms with Crippen molar-refractivity contribution in [3.63, 3.8) is 0 Å². The van der Waals surface area contributed by atoms with E-state index in [4.69, 9.17) is 0 Å². The van der Waals surface area contributed by atoms with Crippen molar-refractivity contribution in [3.05, 3.63) is 35.1 Å². The van der Waals surface area contributed by atoms with Crippen LogP contribution in [0.2, 0.25) is 0 Å². The van der Waals surface area contributed by atoms with Gasteiger partial charge in [-0.2, -0.15) is 0 Å². The highest BCUT2D eigenvalue weighted by Gasteiger charge is 2.30. The van der Waals surface area contributed by atoms with E-state index in [0.29, 0.717) is 6.04 Å². The second kappa shape index (κ2) is 4.17. The third-order valence-corrected chi connectivity index (χ3v) is 4.08. The second-order valence-corrected chi connectivity index (χ2v) is 5.10. The van der Waals surface area contributed by atoms with Gasteiger partial charge in [-0.1, -0.05) is 25.3 Å². The molecule has 0 bridgehead atoms. The van der Waals surface area contributed by atoms with E-state index in [1.54, 1.807) is 12.1 Å². The van der Waals surface area contributed by atoms with Crippen LogP contribution >= 0.6 is 0 Å². The summed E-state index contributed by atoms with van der Waals surface area (Å²) >= 11 is 0. The van der Waals surface area contributed by atoms with Gasteiger partial charge in [0.25, 0.3) is 0 Å². The van der Waals surface area contributed by atoms with Gasteiger partial charge in [-0.25, -0.2) is 4.39 Å². The van der Waals surface area contributed by atoms with Gasteiger partial charge in [-0.3, -0.25) is 0 Å². The Morgan fingerprint density at radius 3 is 2.75 bits per heavy atom. The summed E-state index contributed by atoms with van der Waals surface area (Å²) in [7, 11) is 0. The van der Waals surface area contributed by atoms with Crippen LogP contribution in [0.3, 0.4) is 0 Å². The molecule has 1 aliphatic heterocycles. The molecule has 1 fully saturated rings. The first-order chi connectivity index (χ1) is 7.84. The van der Waals surface area contributed by atoms with E-state index in [1.807, 2.05) is 6.07 Å². The summed E-state index contributed by atoms with van der Waals surface area (Å²) in [5.74, 6) is 0.625. The summed E-state index contributed by atoms with van der Waals surface area (Å²) in [5, 5.41) is 3.55. The van der Waals surface area contributed by atoms with Crippen LogP contribution in [0.1, 0.15) is 49.3 Å². The van der Waals surface area contributed by atoms with Crippen LogP contribution in [-0.4, -0.2) is 0 Å². The van der Waals surface area contributed by atoms with Crippen molar-refractivity contribution in [2.45, 2.75) is 44.7 Å². The average Bonchev–Trinajstić information content (AvgIpc) is 2.73. The zero-order valence-electron chi connectivity index (χ0n) is 9.51. The Balaban J connectivity index is 1.86. The maximum absolute atomic E-state index is 13.3. The highest BCUT2D eigenvalue weighted by Crippen LogP contribution is 2.38. The molecule has 0 amide bonds. The van der Waals surface area contributed by atoms with Crippen molar-refractivity contribution in [2.24, 2.45) is 5.92 Å². The van der Waals surface area contributed by atoms with Crippen molar-refractivity contribution >= 4 is 0 Å². The molecule has 0 saturated heterocycles. The third-order valence-electron chi connectivity index (χ3n) is 4.08. The molecule has 16 heavy (non-hydrogen) atoms. The minimum absolute atomic E-state index is 0.0942. The maximum Gasteiger partial charge on any atom is 0.123 e. The molecule has 1 atom stereocenters. The largest absolute Gasteiger partial charge is 0.306 e. The van der Waals surface area contributed by atoms with E-state index in [9.17, 15) is 4.39 Å². The molecule has 1 heterocycles. The lowest BCUT2D eigenvalue weighted by Crippen LogP contribution is -2.23. The van der Waals surface area contributed by atoms with Gasteiger partial charge in [0.05, 0.1) is 0 Å². The van der Waals surface area contributed by atoms with Crippen LogP contribution in [-0.2, 0) is 6.54 Å². The Morgan fingerprint density at radius 1 is 1.12 bits per heavy atom. The summed E-state index contributed by atoms with van der Waals surface area (Å²) < 4.78 is 13.3. The molecule has 1 aromatic rings. The minimum atomic E-state index is -0.0942. The Hall–Kier alpha value is -0.890. The molecule has 1 N–H and O–H groups in total. The summed E-state index contributed by atoms with van der Waals surface area (Å²) in [4.78, 5) is 0. The van der Waals surface area contributed by atoms with Crippen molar-refractivity contribution in [1.82, 2.24) is 5.32 Å². The van der Waals surface area contributed by atoms with Gasteiger partial charge in [0.2, 0.25) is 0 Å². The molecule has 86 valence electrons. The number of nitrogens with one attached hydrogen (secondary N) is 1. The van der Waals surface area contributed by atoms with E-state index in [-0.39, 0.29) is 5.82 Å². The first-order valence-electron chi connectivity index (χ1n) is 6.36. The minimum Gasteiger partial charge on any atom is -0.306 e.